The van der Waals surface area contributed by atoms with Crippen molar-refractivity contribution in [3.05, 3.63) is 5.82 Å². The van der Waals surface area contributed by atoms with Gasteiger partial charge in [0.05, 0.1) is 5.75 Å². The molecule has 0 fully saturated rings. The average Bonchev–Trinajstić information content (AvgIpc) is 2.82. The molecule has 0 bridgehead atoms. The number of nitrogens with zero attached hydrogens (tertiary/aromatic N) is 3. The van der Waals surface area contributed by atoms with Gasteiger partial charge in [-0.05, 0) is 12.3 Å². The molecule has 1 N–H and O–H groups in total. The minimum absolute atomic E-state index is 0.0379. The molecule has 1 aromatic rings. The highest BCUT2D eigenvalue weighted by Gasteiger charge is 2.12. The molecule has 21 heavy (non-hydrogen) atoms. The summed E-state index contributed by atoms with van der Waals surface area (Å²) in [5.41, 5.74) is 0. The fourth-order valence-corrected chi connectivity index (χ4v) is 2.92. The lowest BCUT2D eigenvalue weighted by molar-refractivity contribution is -0.133. The van der Waals surface area contributed by atoms with E-state index in [1.165, 1.54) is 37.4 Å². The Labute approximate surface area is 131 Å². The number of hydrogen-bond acceptors (Lipinski definition) is 4. The molecule has 0 aliphatic heterocycles. The van der Waals surface area contributed by atoms with Gasteiger partial charge in [-0.25, -0.2) is 0 Å². The highest BCUT2D eigenvalue weighted by Crippen LogP contribution is 2.18. The van der Waals surface area contributed by atoms with Gasteiger partial charge in [-0.2, -0.15) is 0 Å². The van der Waals surface area contributed by atoms with Gasteiger partial charge in [0.1, 0.15) is 5.82 Å². The molecule has 0 aromatic carbocycles. The summed E-state index contributed by atoms with van der Waals surface area (Å²) in [6.07, 6.45) is 6.99. The second kappa shape index (κ2) is 9.82. The molecule has 0 aliphatic rings. The fourth-order valence-electron chi connectivity index (χ4n) is 2.21. The van der Waals surface area contributed by atoms with Crippen molar-refractivity contribution in [2.75, 3.05) is 5.75 Å². The number of aromatic nitrogens is 3. The van der Waals surface area contributed by atoms with Crippen molar-refractivity contribution in [1.29, 1.82) is 0 Å². The molecule has 0 unspecified atom stereocenters. The number of thioether (sulfide) groups is 1. The van der Waals surface area contributed by atoms with Gasteiger partial charge < -0.3 is 9.67 Å². The molecule has 5 nitrogen and oxygen atoms in total. The Hall–Kier alpha value is -1.04. The van der Waals surface area contributed by atoms with E-state index in [-0.39, 0.29) is 5.75 Å². The van der Waals surface area contributed by atoms with Gasteiger partial charge in [0, 0.05) is 13.0 Å². The first-order chi connectivity index (χ1) is 10.0. The fraction of sp³-hybridized carbons (Fsp3) is 0.800. The van der Waals surface area contributed by atoms with Gasteiger partial charge in [0.25, 0.3) is 0 Å². The molecule has 0 atom stereocenters. The van der Waals surface area contributed by atoms with Crippen LogP contribution in [-0.4, -0.2) is 31.6 Å². The van der Waals surface area contributed by atoms with E-state index in [1.807, 2.05) is 0 Å². The Balaban J connectivity index is 2.41. The zero-order chi connectivity index (χ0) is 15.7. The first-order valence-electron chi connectivity index (χ1n) is 7.81. The summed E-state index contributed by atoms with van der Waals surface area (Å²) in [5, 5.41) is 17.8. The van der Waals surface area contributed by atoms with Crippen LogP contribution < -0.4 is 0 Å². The van der Waals surface area contributed by atoms with Crippen LogP contribution in [0.3, 0.4) is 0 Å². The predicted octanol–water partition coefficient (Wildman–Crippen LogP) is 3.62. The summed E-state index contributed by atoms with van der Waals surface area (Å²) in [4.78, 5) is 10.7. The van der Waals surface area contributed by atoms with E-state index >= 15 is 0 Å². The van der Waals surface area contributed by atoms with E-state index < -0.39 is 5.97 Å². The molecule has 0 radical (unpaired) electrons. The Morgan fingerprint density at radius 2 is 1.95 bits per heavy atom. The molecular weight excluding hydrogens is 286 g/mol. The lowest BCUT2D eigenvalue weighted by Crippen LogP contribution is -2.06. The van der Waals surface area contributed by atoms with E-state index in [1.54, 1.807) is 0 Å². The van der Waals surface area contributed by atoms with Crippen LogP contribution in [0, 0.1) is 5.92 Å². The first-order valence-corrected chi connectivity index (χ1v) is 8.79. The molecule has 1 heterocycles. The third kappa shape index (κ3) is 6.98. The highest BCUT2D eigenvalue weighted by molar-refractivity contribution is 7.99. The lowest BCUT2D eigenvalue weighted by atomic mass is 10.0. The van der Waals surface area contributed by atoms with Crippen LogP contribution in [0.5, 0.6) is 0 Å². The highest BCUT2D eigenvalue weighted by atomic mass is 32.2. The Bertz CT molecular complexity index is 433. The maximum Gasteiger partial charge on any atom is 0.313 e. The van der Waals surface area contributed by atoms with Crippen molar-refractivity contribution in [3.63, 3.8) is 0 Å². The summed E-state index contributed by atoms with van der Waals surface area (Å²) in [7, 11) is 0. The minimum atomic E-state index is -0.818. The molecule has 6 heteroatoms. The van der Waals surface area contributed by atoms with E-state index in [0.717, 1.165) is 36.3 Å². The number of rotatable bonds is 11. The zero-order valence-corrected chi connectivity index (χ0v) is 14.2. The molecule has 1 aromatic heterocycles. The van der Waals surface area contributed by atoms with E-state index in [2.05, 4.69) is 35.5 Å². The standard InChI is InChI=1S/C15H27N3O2S/c1-4-13-16-17-15(21-11-14(19)20)18(13)10-8-6-5-7-9-12(2)3/h12H,4-11H2,1-3H3,(H,19,20). The maximum absolute atomic E-state index is 10.7. The van der Waals surface area contributed by atoms with Gasteiger partial charge in [-0.15, -0.1) is 10.2 Å². The number of carbonyl (C=O) groups is 1. The number of aliphatic carboxylic acids is 1. The van der Waals surface area contributed by atoms with E-state index in [9.17, 15) is 4.79 Å². The first kappa shape index (κ1) is 18.0. The van der Waals surface area contributed by atoms with Gasteiger partial charge in [-0.3, -0.25) is 4.79 Å². The van der Waals surface area contributed by atoms with Gasteiger partial charge in [0.2, 0.25) is 0 Å². The van der Waals surface area contributed by atoms with Crippen LogP contribution >= 0.6 is 11.8 Å². The minimum Gasteiger partial charge on any atom is -0.481 e. The second-order valence-corrected chi connectivity index (χ2v) is 6.63. The summed E-state index contributed by atoms with van der Waals surface area (Å²) < 4.78 is 2.08. The number of hydrogen-bond donors (Lipinski definition) is 1. The van der Waals surface area contributed by atoms with Crippen molar-refractivity contribution in [3.8, 4) is 0 Å². The van der Waals surface area contributed by atoms with Crippen molar-refractivity contribution in [1.82, 2.24) is 14.8 Å². The Morgan fingerprint density at radius 3 is 2.57 bits per heavy atom. The number of carboxylic acids is 1. The maximum atomic E-state index is 10.7. The quantitative estimate of drug-likeness (QED) is 0.499. The molecule has 0 aliphatic carbocycles. The Kier molecular flexibility index (Phi) is 8.42. The van der Waals surface area contributed by atoms with Crippen LogP contribution in [0.1, 0.15) is 58.7 Å². The molecule has 0 saturated heterocycles. The van der Waals surface area contributed by atoms with Gasteiger partial charge in [-0.1, -0.05) is 58.2 Å². The van der Waals surface area contributed by atoms with Crippen molar-refractivity contribution < 1.29 is 9.90 Å². The lowest BCUT2D eigenvalue weighted by Gasteiger charge is -2.09. The summed E-state index contributed by atoms with van der Waals surface area (Å²) in [6.45, 7) is 7.46. The summed E-state index contributed by atoms with van der Waals surface area (Å²) in [6, 6.07) is 0. The molecule has 120 valence electrons. The predicted molar refractivity (Wildman–Crippen MR) is 85.7 cm³/mol. The average molecular weight is 313 g/mol. The van der Waals surface area contributed by atoms with Crippen LogP contribution in [0.15, 0.2) is 5.16 Å². The number of carboxylic acid groups (broad SMARTS) is 1. The van der Waals surface area contributed by atoms with E-state index in [0.29, 0.717) is 0 Å². The zero-order valence-electron chi connectivity index (χ0n) is 13.3. The second-order valence-electron chi connectivity index (χ2n) is 5.68. The summed E-state index contributed by atoms with van der Waals surface area (Å²) >= 11 is 1.25. The topological polar surface area (TPSA) is 68.0 Å². The number of aryl methyl sites for hydroxylation is 1. The van der Waals surface area contributed by atoms with Crippen LogP contribution in [-0.2, 0) is 17.8 Å². The van der Waals surface area contributed by atoms with E-state index in [4.69, 9.17) is 5.11 Å². The third-order valence-corrected chi connectivity index (χ3v) is 4.30. The molecule has 1 rings (SSSR count). The SMILES string of the molecule is CCc1nnc(SCC(=O)O)n1CCCCCCC(C)C. The van der Waals surface area contributed by atoms with Gasteiger partial charge in [0.15, 0.2) is 5.16 Å². The molecule has 0 amide bonds. The molecule has 0 saturated carbocycles. The van der Waals surface area contributed by atoms with Crippen LogP contribution in [0.4, 0.5) is 0 Å². The Morgan fingerprint density at radius 1 is 1.24 bits per heavy atom. The van der Waals surface area contributed by atoms with Gasteiger partial charge >= 0.3 is 5.97 Å². The van der Waals surface area contributed by atoms with Crippen LogP contribution in [0.2, 0.25) is 0 Å². The largest absolute Gasteiger partial charge is 0.481 e. The van der Waals surface area contributed by atoms with Crippen molar-refractivity contribution in [2.45, 2.75) is 71.0 Å². The molecular formula is C15H27N3O2S. The molecule has 0 spiro atoms. The van der Waals surface area contributed by atoms with Crippen molar-refractivity contribution >= 4 is 17.7 Å². The summed E-state index contributed by atoms with van der Waals surface area (Å²) in [5.74, 6) is 0.955. The smallest absolute Gasteiger partial charge is 0.313 e. The van der Waals surface area contributed by atoms with Crippen molar-refractivity contribution in [2.24, 2.45) is 5.92 Å². The number of unbranched alkanes of at least 4 members (excludes halogenated alkanes) is 3. The third-order valence-electron chi connectivity index (χ3n) is 3.35. The van der Waals surface area contributed by atoms with Crippen LogP contribution in [0.25, 0.3) is 0 Å². The monoisotopic (exact) mass is 313 g/mol. The normalized spacial score (nSPS) is 11.2.